The van der Waals surface area contributed by atoms with Crippen molar-refractivity contribution in [2.45, 2.75) is 4.34 Å². The summed E-state index contributed by atoms with van der Waals surface area (Å²) in [7, 11) is -3.80. The van der Waals surface area contributed by atoms with E-state index in [1.807, 2.05) is 0 Å². The lowest BCUT2D eigenvalue weighted by Gasteiger charge is -2.03. The molecule has 0 atom stereocenters. The number of aromatic nitrogens is 2. The van der Waals surface area contributed by atoms with Gasteiger partial charge in [-0.1, -0.05) is 11.3 Å². The van der Waals surface area contributed by atoms with Gasteiger partial charge >= 0.3 is 0 Å². The smallest absolute Gasteiger partial charge is 0.267 e. The van der Waals surface area contributed by atoms with Crippen molar-refractivity contribution in [3.63, 3.8) is 0 Å². The summed E-state index contributed by atoms with van der Waals surface area (Å²) < 4.78 is 27.3. The number of primary sulfonamides is 1. The highest BCUT2D eigenvalue weighted by molar-refractivity contribution is 7.91. The van der Waals surface area contributed by atoms with Crippen molar-refractivity contribution in [2.75, 3.05) is 12.5 Å². The van der Waals surface area contributed by atoms with Gasteiger partial charge in [-0.15, -0.1) is 21.8 Å². The van der Waals surface area contributed by atoms with E-state index in [2.05, 4.69) is 10.2 Å². The predicted octanol–water partition coefficient (Wildman–Crippen LogP) is 1.47. The largest absolute Gasteiger partial charge is 0.492 e. The van der Waals surface area contributed by atoms with Crippen molar-refractivity contribution >= 4 is 33.0 Å². The summed E-state index contributed by atoms with van der Waals surface area (Å²) in [4.78, 5) is 0. The van der Waals surface area contributed by atoms with Crippen LogP contribution < -0.4 is 9.88 Å². The number of benzene rings is 1. The Kier molecular flexibility index (Phi) is 4.35. The van der Waals surface area contributed by atoms with E-state index in [4.69, 9.17) is 21.5 Å². The lowest BCUT2D eigenvalue weighted by Crippen LogP contribution is -2.11. The van der Waals surface area contributed by atoms with Gasteiger partial charge in [-0.05, 0) is 24.3 Å². The first-order chi connectivity index (χ1) is 9.00. The molecule has 2 rings (SSSR count). The molecule has 0 aliphatic heterocycles. The molecule has 0 bridgehead atoms. The first kappa shape index (κ1) is 14.2. The van der Waals surface area contributed by atoms with Gasteiger partial charge in [0.25, 0.3) is 10.0 Å². The minimum atomic E-state index is -3.80. The van der Waals surface area contributed by atoms with Crippen molar-refractivity contribution < 1.29 is 13.2 Å². The quantitative estimate of drug-likeness (QED) is 0.842. The van der Waals surface area contributed by atoms with E-state index in [1.165, 1.54) is 0 Å². The van der Waals surface area contributed by atoms with Crippen molar-refractivity contribution in [1.82, 2.24) is 10.2 Å². The number of alkyl halides is 1. The second-order valence-corrected chi connectivity index (χ2v) is 6.57. The molecular formula is C10H10ClN3O3S2. The molecule has 0 aliphatic rings. The number of hydrogen-bond donors (Lipinski definition) is 1. The molecule has 6 nitrogen and oxygen atoms in total. The summed E-state index contributed by atoms with van der Waals surface area (Å²) >= 11 is 6.43. The fraction of sp³-hybridized carbons (Fsp3) is 0.200. The molecule has 0 unspecified atom stereocenters. The van der Waals surface area contributed by atoms with E-state index in [0.29, 0.717) is 23.2 Å². The van der Waals surface area contributed by atoms with Gasteiger partial charge in [0.1, 0.15) is 17.4 Å². The molecule has 0 radical (unpaired) electrons. The molecule has 0 aliphatic carbocycles. The van der Waals surface area contributed by atoms with Gasteiger partial charge in [-0.2, -0.15) is 0 Å². The third-order valence-electron chi connectivity index (χ3n) is 2.10. The first-order valence-corrected chi connectivity index (χ1v) is 8.06. The molecule has 2 N–H and O–H groups in total. The summed E-state index contributed by atoms with van der Waals surface area (Å²) in [6.45, 7) is 0.426. The highest BCUT2D eigenvalue weighted by atomic mass is 35.5. The molecule has 19 heavy (non-hydrogen) atoms. The average molecular weight is 320 g/mol. The zero-order valence-electron chi connectivity index (χ0n) is 9.61. The molecule has 9 heteroatoms. The van der Waals surface area contributed by atoms with Crippen molar-refractivity contribution in [1.29, 1.82) is 0 Å². The van der Waals surface area contributed by atoms with Gasteiger partial charge < -0.3 is 4.74 Å². The second-order valence-electron chi connectivity index (χ2n) is 3.48. The SMILES string of the molecule is NS(=O)(=O)c1nnc(-c2ccc(OCCCl)cc2)s1. The Balaban J connectivity index is 2.20. The lowest BCUT2D eigenvalue weighted by atomic mass is 10.2. The van der Waals surface area contributed by atoms with Crippen LogP contribution >= 0.6 is 22.9 Å². The van der Waals surface area contributed by atoms with E-state index >= 15 is 0 Å². The molecule has 1 aromatic carbocycles. The highest BCUT2D eigenvalue weighted by Gasteiger charge is 2.15. The Bertz CT molecular complexity index is 655. The van der Waals surface area contributed by atoms with Crippen LogP contribution in [0.2, 0.25) is 0 Å². The molecule has 0 amide bonds. The predicted molar refractivity (Wildman–Crippen MR) is 72.9 cm³/mol. The van der Waals surface area contributed by atoms with Crippen LogP contribution in [0.4, 0.5) is 0 Å². The van der Waals surface area contributed by atoms with Crippen molar-refractivity contribution in [3.05, 3.63) is 24.3 Å². The summed E-state index contributed by atoms with van der Waals surface area (Å²) in [6, 6.07) is 7.02. The fourth-order valence-electron chi connectivity index (χ4n) is 1.29. The van der Waals surface area contributed by atoms with E-state index in [0.717, 1.165) is 16.9 Å². The van der Waals surface area contributed by atoms with Gasteiger partial charge in [0, 0.05) is 5.56 Å². The lowest BCUT2D eigenvalue weighted by molar-refractivity contribution is 0.343. The van der Waals surface area contributed by atoms with Crippen LogP contribution in [0.15, 0.2) is 28.6 Å². The normalized spacial score (nSPS) is 11.5. The highest BCUT2D eigenvalue weighted by Crippen LogP contribution is 2.26. The van der Waals surface area contributed by atoms with Crippen LogP contribution in [0.1, 0.15) is 0 Å². The Morgan fingerprint density at radius 1 is 1.26 bits per heavy atom. The maximum absolute atomic E-state index is 11.1. The van der Waals surface area contributed by atoms with Crippen molar-refractivity contribution in [3.8, 4) is 16.3 Å². The molecule has 2 aromatic rings. The number of halogens is 1. The molecule has 1 aromatic heterocycles. The number of hydrogen-bond acceptors (Lipinski definition) is 6. The third kappa shape index (κ3) is 3.63. The molecule has 102 valence electrons. The van der Waals surface area contributed by atoms with Gasteiger partial charge in [0.2, 0.25) is 4.34 Å². The summed E-state index contributed by atoms with van der Waals surface area (Å²) in [6.07, 6.45) is 0. The fourth-order valence-corrected chi connectivity index (χ4v) is 2.81. The second kappa shape index (κ2) is 5.83. The number of sulfonamides is 1. The molecule has 0 fully saturated rings. The zero-order chi connectivity index (χ0) is 13.9. The van der Waals surface area contributed by atoms with E-state index < -0.39 is 10.0 Å². The van der Waals surface area contributed by atoms with Gasteiger partial charge in [0.05, 0.1) is 5.88 Å². The van der Waals surface area contributed by atoms with Crippen LogP contribution in [-0.4, -0.2) is 31.1 Å². The molecule has 0 saturated heterocycles. The Labute approximate surface area is 119 Å². The Morgan fingerprint density at radius 3 is 2.47 bits per heavy atom. The minimum Gasteiger partial charge on any atom is -0.492 e. The van der Waals surface area contributed by atoms with Crippen LogP contribution in [0.5, 0.6) is 5.75 Å². The summed E-state index contributed by atoms with van der Waals surface area (Å²) in [5.41, 5.74) is 0.741. The van der Waals surface area contributed by atoms with Crippen LogP contribution in [-0.2, 0) is 10.0 Å². The van der Waals surface area contributed by atoms with E-state index in [-0.39, 0.29) is 4.34 Å². The number of nitrogens with zero attached hydrogens (tertiary/aromatic N) is 2. The van der Waals surface area contributed by atoms with Crippen LogP contribution in [0.25, 0.3) is 10.6 Å². The number of rotatable bonds is 5. The van der Waals surface area contributed by atoms with Gasteiger partial charge in [-0.3, -0.25) is 0 Å². The monoisotopic (exact) mass is 319 g/mol. The van der Waals surface area contributed by atoms with Gasteiger partial charge in [-0.25, -0.2) is 13.6 Å². The Hall–Kier alpha value is -1.22. The number of nitrogens with two attached hydrogens (primary N) is 1. The first-order valence-electron chi connectivity index (χ1n) is 5.16. The molecular weight excluding hydrogens is 310 g/mol. The minimum absolute atomic E-state index is 0.204. The van der Waals surface area contributed by atoms with Crippen LogP contribution in [0, 0.1) is 0 Å². The average Bonchev–Trinajstić information content (AvgIpc) is 2.86. The summed E-state index contributed by atoms with van der Waals surface area (Å²) in [5.74, 6) is 1.09. The van der Waals surface area contributed by atoms with Gasteiger partial charge in [0.15, 0.2) is 0 Å². The zero-order valence-corrected chi connectivity index (χ0v) is 12.0. The molecule has 1 heterocycles. The Morgan fingerprint density at radius 2 is 1.95 bits per heavy atom. The topological polar surface area (TPSA) is 95.2 Å². The molecule has 0 saturated carbocycles. The summed E-state index contributed by atoms with van der Waals surface area (Å²) in [5, 5.41) is 12.8. The maximum atomic E-state index is 11.1. The standard InChI is InChI=1S/C10H10ClN3O3S2/c11-5-6-17-8-3-1-7(2-4-8)9-13-14-10(18-9)19(12,15)16/h1-4H,5-6H2,(H2,12,15,16). The van der Waals surface area contributed by atoms with Crippen LogP contribution in [0.3, 0.4) is 0 Å². The third-order valence-corrected chi connectivity index (χ3v) is 4.53. The van der Waals surface area contributed by atoms with E-state index in [9.17, 15) is 8.42 Å². The number of ether oxygens (including phenoxy) is 1. The van der Waals surface area contributed by atoms with E-state index in [1.54, 1.807) is 24.3 Å². The van der Waals surface area contributed by atoms with Crippen molar-refractivity contribution in [2.24, 2.45) is 5.14 Å². The maximum Gasteiger partial charge on any atom is 0.267 e. The molecule has 0 spiro atoms.